The van der Waals surface area contributed by atoms with Crippen molar-refractivity contribution in [1.82, 2.24) is 5.32 Å². The third-order valence-corrected chi connectivity index (χ3v) is 7.36. The Kier molecular flexibility index (Phi) is 8.00. The molecule has 6 nitrogen and oxygen atoms in total. The second kappa shape index (κ2) is 10.7. The normalized spacial score (nSPS) is 12.1. The van der Waals surface area contributed by atoms with Gasteiger partial charge in [-0.25, -0.2) is 8.42 Å². The number of nitrogens with one attached hydrogen (secondary N) is 1. The van der Waals surface area contributed by atoms with Crippen LogP contribution in [0.4, 0.5) is 5.69 Å². The van der Waals surface area contributed by atoms with Crippen molar-refractivity contribution in [3.8, 4) is 5.75 Å². The summed E-state index contributed by atoms with van der Waals surface area (Å²) in [5, 5.41) is 3.40. The molecule has 8 heteroatoms. The summed E-state index contributed by atoms with van der Waals surface area (Å²) >= 11 is 5.94. The molecule has 0 aliphatic heterocycles. The largest absolute Gasteiger partial charge is 0.497 e. The first-order valence-electron chi connectivity index (χ1n) is 10.5. The van der Waals surface area contributed by atoms with Crippen LogP contribution in [0, 0.1) is 6.92 Å². The molecule has 3 aromatic carbocycles. The topological polar surface area (TPSA) is 75.7 Å². The average molecular weight is 487 g/mol. The number of anilines is 1. The molecule has 0 aliphatic rings. The monoisotopic (exact) mass is 486 g/mol. The maximum absolute atomic E-state index is 13.5. The molecule has 3 rings (SSSR count). The summed E-state index contributed by atoms with van der Waals surface area (Å²) in [7, 11) is -2.41. The van der Waals surface area contributed by atoms with Crippen LogP contribution in [0.3, 0.4) is 0 Å². The number of para-hydroxylation sites is 1. The number of benzene rings is 3. The van der Waals surface area contributed by atoms with Gasteiger partial charge in [-0.1, -0.05) is 48.9 Å². The molecule has 0 spiro atoms. The number of rotatable bonds is 9. The van der Waals surface area contributed by atoms with E-state index in [1.807, 2.05) is 50.2 Å². The lowest BCUT2D eigenvalue weighted by Crippen LogP contribution is -2.42. The minimum absolute atomic E-state index is 0.0603. The van der Waals surface area contributed by atoms with Crippen LogP contribution < -0.4 is 14.4 Å². The number of hydrogen-bond acceptors (Lipinski definition) is 4. The summed E-state index contributed by atoms with van der Waals surface area (Å²) in [6.07, 6.45) is 0.645. The molecule has 0 unspecified atom stereocenters. The van der Waals surface area contributed by atoms with Crippen molar-refractivity contribution in [2.24, 2.45) is 0 Å². The van der Waals surface area contributed by atoms with Gasteiger partial charge in [-0.3, -0.25) is 9.10 Å². The van der Waals surface area contributed by atoms with Gasteiger partial charge in [0, 0.05) is 5.02 Å². The van der Waals surface area contributed by atoms with Crippen LogP contribution in [0.25, 0.3) is 0 Å². The van der Waals surface area contributed by atoms with Crippen molar-refractivity contribution < 1.29 is 17.9 Å². The minimum atomic E-state index is -4.01. The molecule has 1 amide bonds. The summed E-state index contributed by atoms with van der Waals surface area (Å²) in [5.74, 6) is 0.318. The number of nitrogens with zero attached hydrogens (tertiary/aromatic N) is 1. The smallest absolute Gasteiger partial charge is 0.264 e. The first-order chi connectivity index (χ1) is 15.8. The predicted octanol–water partition coefficient (Wildman–Crippen LogP) is 5.12. The van der Waals surface area contributed by atoms with Crippen LogP contribution in [0.15, 0.2) is 77.7 Å². The lowest BCUT2D eigenvalue weighted by Gasteiger charge is -2.27. The first kappa shape index (κ1) is 24.6. The fraction of sp³-hybridized carbons (Fsp3) is 0.240. The highest BCUT2D eigenvalue weighted by Gasteiger charge is 2.29. The fourth-order valence-corrected chi connectivity index (χ4v) is 5.12. The third kappa shape index (κ3) is 5.86. The van der Waals surface area contributed by atoms with E-state index in [-0.39, 0.29) is 17.5 Å². The molecule has 0 saturated heterocycles. The average Bonchev–Trinajstić information content (AvgIpc) is 2.82. The maximum atomic E-state index is 13.5. The van der Waals surface area contributed by atoms with Crippen molar-refractivity contribution >= 4 is 33.2 Å². The zero-order valence-electron chi connectivity index (χ0n) is 18.8. The number of sulfonamides is 1. The van der Waals surface area contributed by atoms with Crippen molar-refractivity contribution in [3.63, 3.8) is 0 Å². The maximum Gasteiger partial charge on any atom is 0.264 e. The molecule has 0 bridgehead atoms. The molecule has 0 radical (unpaired) electrons. The van der Waals surface area contributed by atoms with E-state index in [4.69, 9.17) is 16.3 Å². The quantitative estimate of drug-likeness (QED) is 0.455. The van der Waals surface area contributed by atoms with Gasteiger partial charge in [0.15, 0.2) is 0 Å². The summed E-state index contributed by atoms with van der Waals surface area (Å²) in [6, 6.07) is 20.1. The molecule has 0 fully saturated rings. The minimum Gasteiger partial charge on any atom is -0.497 e. The number of ether oxygens (including phenoxy) is 1. The molecule has 0 heterocycles. The molecule has 0 saturated carbocycles. The van der Waals surface area contributed by atoms with Gasteiger partial charge in [0.2, 0.25) is 5.91 Å². The van der Waals surface area contributed by atoms with Gasteiger partial charge in [0.25, 0.3) is 10.0 Å². The standard InChI is InChI=1S/C25H27ClN2O4S/c1-4-23(19-9-13-21(32-3)14-10-19)27-25(29)17-28(24-8-6-5-7-18(24)2)33(30,31)22-15-11-20(26)12-16-22/h5-16,23H,4,17H2,1-3H3,(H,27,29)/t23-/m1/s1. The highest BCUT2D eigenvalue weighted by atomic mass is 35.5. The molecular weight excluding hydrogens is 460 g/mol. The van der Waals surface area contributed by atoms with Crippen LogP contribution in [-0.4, -0.2) is 28.0 Å². The van der Waals surface area contributed by atoms with Gasteiger partial charge in [-0.2, -0.15) is 0 Å². The van der Waals surface area contributed by atoms with E-state index in [0.717, 1.165) is 21.2 Å². The summed E-state index contributed by atoms with van der Waals surface area (Å²) in [4.78, 5) is 13.1. The second-order valence-corrected chi connectivity index (χ2v) is 9.85. The lowest BCUT2D eigenvalue weighted by atomic mass is 10.0. The van der Waals surface area contributed by atoms with Crippen molar-refractivity contribution in [2.75, 3.05) is 18.0 Å². The molecule has 1 N–H and O–H groups in total. The van der Waals surface area contributed by atoms with E-state index >= 15 is 0 Å². The number of hydrogen-bond donors (Lipinski definition) is 1. The zero-order chi connectivity index (χ0) is 24.0. The van der Waals surface area contributed by atoms with Crippen LogP contribution in [0.2, 0.25) is 5.02 Å². The summed E-state index contributed by atoms with van der Waals surface area (Å²) in [6.45, 7) is 3.41. The van der Waals surface area contributed by atoms with E-state index in [1.165, 1.54) is 24.3 Å². The van der Waals surface area contributed by atoms with E-state index in [9.17, 15) is 13.2 Å². The predicted molar refractivity (Wildman–Crippen MR) is 131 cm³/mol. The summed E-state index contributed by atoms with van der Waals surface area (Å²) < 4.78 is 33.4. The van der Waals surface area contributed by atoms with E-state index in [1.54, 1.807) is 19.2 Å². The molecule has 1 atom stereocenters. The Balaban J connectivity index is 1.90. The van der Waals surface area contributed by atoms with Gasteiger partial charge < -0.3 is 10.1 Å². The van der Waals surface area contributed by atoms with Gasteiger partial charge >= 0.3 is 0 Å². The number of amides is 1. The first-order valence-corrected chi connectivity index (χ1v) is 12.3. The van der Waals surface area contributed by atoms with Crippen molar-refractivity contribution in [2.45, 2.75) is 31.2 Å². The molecular formula is C25H27ClN2O4S. The Morgan fingerprint density at radius 1 is 1.03 bits per heavy atom. The Morgan fingerprint density at radius 2 is 1.67 bits per heavy atom. The molecule has 0 aromatic heterocycles. The van der Waals surface area contributed by atoms with Crippen molar-refractivity contribution in [3.05, 3.63) is 88.9 Å². The zero-order valence-corrected chi connectivity index (χ0v) is 20.4. The molecule has 33 heavy (non-hydrogen) atoms. The fourth-order valence-electron chi connectivity index (χ4n) is 3.50. The SMILES string of the molecule is CC[C@@H](NC(=O)CN(c1ccccc1C)S(=O)(=O)c1ccc(Cl)cc1)c1ccc(OC)cc1. The van der Waals surface area contributed by atoms with Crippen LogP contribution in [0.1, 0.15) is 30.5 Å². The number of methoxy groups -OCH3 is 1. The number of carbonyl (C=O) groups is 1. The molecule has 0 aliphatic carbocycles. The number of aryl methyl sites for hydroxylation is 1. The summed E-state index contributed by atoms with van der Waals surface area (Å²) in [5.41, 5.74) is 2.10. The van der Waals surface area contributed by atoms with Gasteiger partial charge in [-0.15, -0.1) is 0 Å². The van der Waals surface area contributed by atoms with Crippen molar-refractivity contribution in [1.29, 1.82) is 0 Å². The van der Waals surface area contributed by atoms with Crippen LogP contribution in [-0.2, 0) is 14.8 Å². The number of carbonyl (C=O) groups excluding carboxylic acids is 1. The van der Waals surface area contributed by atoms with Gasteiger partial charge in [0.05, 0.1) is 23.7 Å². The third-order valence-electron chi connectivity index (χ3n) is 5.33. The van der Waals surface area contributed by atoms with E-state index in [0.29, 0.717) is 17.1 Å². The Bertz CT molecular complexity index is 1200. The van der Waals surface area contributed by atoms with E-state index in [2.05, 4.69) is 5.32 Å². The van der Waals surface area contributed by atoms with Gasteiger partial charge in [0.1, 0.15) is 12.3 Å². The molecule has 3 aromatic rings. The number of halogens is 1. The highest BCUT2D eigenvalue weighted by molar-refractivity contribution is 7.92. The van der Waals surface area contributed by atoms with Crippen LogP contribution in [0.5, 0.6) is 5.75 Å². The molecule has 174 valence electrons. The van der Waals surface area contributed by atoms with Crippen LogP contribution >= 0.6 is 11.6 Å². The second-order valence-electron chi connectivity index (χ2n) is 7.55. The lowest BCUT2D eigenvalue weighted by molar-refractivity contribution is -0.120. The Labute approximate surface area is 200 Å². The van der Waals surface area contributed by atoms with E-state index < -0.39 is 15.9 Å². The Morgan fingerprint density at radius 3 is 2.24 bits per heavy atom. The Hall–Kier alpha value is -3.03. The highest BCUT2D eigenvalue weighted by Crippen LogP contribution is 2.28. The van der Waals surface area contributed by atoms with Gasteiger partial charge in [-0.05, 0) is 66.9 Å².